The van der Waals surface area contributed by atoms with E-state index in [0.717, 1.165) is 29.0 Å². The van der Waals surface area contributed by atoms with Gasteiger partial charge in [0.15, 0.2) is 0 Å². The third-order valence-corrected chi connectivity index (χ3v) is 4.91. The lowest BCUT2D eigenvalue weighted by Crippen LogP contribution is -2.50. The van der Waals surface area contributed by atoms with Gasteiger partial charge in [-0.2, -0.15) is 13.2 Å². The van der Waals surface area contributed by atoms with E-state index in [1.165, 1.54) is 12.4 Å². The average molecular weight is 391 g/mol. The Morgan fingerprint density at radius 3 is 2.75 bits per heavy atom. The lowest BCUT2D eigenvalue weighted by Gasteiger charge is -2.37. The Balaban J connectivity index is 1.42. The second kappa shape index (κ2) is 7.35. The van der Waals surface area contributed by atoms with E-state index in [4.69, 9.17) is 4.74 Å². The molecule has 8 heteroatoms. The quantitative estimate of drug-likeness (QED) is 0.651. The van der Waals surface area contributed by atoms with Gasteiger partial charge in [-0.25, -0.2) is 14.4 Å². The van der Waals surface area contributed by atoms with Crippen molar-refractivity contribution in [3.63, 3.8) is 0 Å². The molecular formula is C20H17F4N3O. The van der Waals surface area contributed by atoms with Crippen molar-refractivity contribution in [3.8, 4) is 5.75 Å². The van der Waals surface area contributed by atoms with E-state index in [1.807, 2.05) is 18.2 Å². The van der Waals surface area contributed by atoms with Crippen LogP contribution in [0.4, 0.5) is 17.6 Å². The van der Waals surface area contributed by atoms with Crippen molar-refractivity contribution in [2.75, 3.05) is 0 Å². The topological polar surface area (TPSA) is 47.0 Å². The van der Waals surface area contributed by atoms with Crippen LogP contribution in [0.25, 0.3) is 10.9 Å². The maximum absolute atomic E-state index is 13.4. The van der Waals surface area contributed by atoms with Gasteiger partial charge in [0.1, 0.15) is 24.0 Å². The summed E-state index contributed by atoms with van der Waals surface area (Å²) >= 11 is 0. The van der Waals surface area contributed by atoms with Crippen molar-refractivity contribution in [2.24, 2.45) is 0 Å². The number of nitrogens with one attached hydrogen (secondary N) is 1. The first-order valence-corrected chi connectivity index (χ1v) is 8.86. The molecule has 3 aromatic rings. The molecule has 1 heterocycles. The number of aromatic nitrogens is 2. The van der Waals surface area contributed by atoms with Gasteiger partial charge >= 0.3 is 6.18 Å². The molecule has 4 nitrogen and oxygen atoms in total. The van der Waals surface area contributed by atoms with Gasteiger partial charge in [0, 0.05) is 24.2 Å². The molecule has 0 saturated heterocycles. The second-order valence-corrected chi connectivity index (χ2v) is 6.74. The molecule has 1 aliphatic carbocycles. The number of ether oxygens (including phenoxy) is 1. The Morgan fingerprint density at radius 1 is 1.14 bits per heavy atom. The largest absolute Gasteiger partial charge is 0.489 e. The smallest absolute Gasteiger partial charge is 0.419 e. The number of nitrogens with zero attached hydrogens (tertiary/aromatic N) is 2. The van der Waals surface area contributed by atoms with Gasteiger partial charge in [-0.05, 0) is 36.6 Å². The molecule has 4 rings (SSSR count). The van der Waals surface area contributed by atoms with Crippen molar-refractivity contribution in [2.45, 2.75) is 37.7 Å². The van der Waals surface area contributed by atoms with Crippen LogP contribution in [-0.2, 0) is 12.7 Å². The Bertz CT molecular complexity index is 987. The second-order valence-electron chi connectivity index (χ2n) is 6.74. The number of benzene rings is 2. The van der Waals surface area contributed by atoms with Crippen LogP contribution in [0.3, 0.4) is 0 Å². The molecule has 1 aliphatic rings. The lowest BCUT2D eigenvalue weighted by molar-refractivity contribution is -0.140. The fourth-order valence-corrected chi connectivity index (χ4v) is 3.27. The third kappa shape index (κ3) is 3.77. The molecule has 0 aliphatic heterocycles. The highest BCUT2D eigenvalue weighted by Gasteiger charge is 2.36. The van der Waals surface area contributed by atoms with Gasteiger partial charge in [0.05, 0.1) is 11.1 Å². The maximum atomic E-state index is 13.4. The van der Waals surface area contributed by atoms with Crippen molar-refractivity contribution in [1.29, 1.82) is 0 Å². The fourth-order valence-electron chi connectivity index (χ4n) is 3.27. The highest BCUT2D eigenvalue weighted by Crippen LogP contribution is 2.35. The zero-order valence-electron chi connectivity index (χ0n) is 14.7. The van der Waals surface area contributed by atoms with E-state index < -0.39 is 17.6 Å². The summed E-state index contributed by atoms with van der Waals surface area (Å²) in [6, 6.07) is 8.54. The molecule has 1 fully saturated rings. The van der Waals surface area contributed by atoms with Gasteiger partial charge in [0.25, 0.3) is 0 Å². The van der Waals surface area contributed by atoms with Crippen LogP contribution in [0.15, 0.2) is 48.9 Å². The number of hydrogen-bond acceptors (Lipinski definition) is 4. The van der Waals surface area contributed by atoms with Crippen LogP contribution < -0.4 is 10.1 Å². The minimum absolute atomic E-state index is 0.00326. The number of halogens is 4. The Morgan fingerprint density at radius 2 is 2.00 bits per heavy atom. The van der Waals surface area contributed by atoms with Crippen LogP contribution in [0.5, 0.6) is 5.75 Å². The van der Waals surface area contributed by atoms with E-state index in [-0.39, 0.29) is 17.9 Å². The Hall–Kier alpha value is -2.74. The SMILES string of the molecule is Fc1ccc(O[C@@H]2CC[C@H]2NCc2cccc3cncnc23)cc1C(F)(F)F. The number of para-hydroxylation sites is 1. The van der Waals surface area contributed by atoms with Crippen LogP contribution in [0.2, 0.25) is 0 Å². The van der Waals surface area contributed by atoms with Gasteiger partial charge in [-0.3, -0.25) is 0 Å². The first-order chi connectivity index (χ1) is 13.4. The fraction of sp³-hybridized carbons (Fsp3) is 0.300. The number of alkyl halides is 3. The molecule has 1 N–H and O–H groups in total. The first-order valence-electron chi connectivity index (χ1n) is 8.86. The average Bonchev–Trinajstić information content (AvgIpc) is 2.66. The monoisotopic (exact) mass is 391 g/mol. The van der Waals surface area contributed by atoms with Crippen molar-refractivity contribution in [1.82, 2.24) is 15.3 Å². The summed E-state index contributed by atoms with van der Waals surface area (Å²) in [5.74, 6) is -1.29. The van der Waals surface area contributed by atoms with Crippen LogP contribution in [0.1, 0.15) is 24.0 Å². The molecule has 0 amide bonds. The predicted molar refractivity (Wildman–Crippen MR) is 95.2 cm³/mol. The highest BCUT2D eigenvalue weighted by atomic mass is 19.4. The molecule has 28 heavy (non-hydrogen) atoms. The third-order valence-electron chi connectivity index (χ3n) is 4.91. The van der Waals surface area contributed by atoms with E-state index >= 15 is 0 Å². The lowest BCUT2D eigenvalue weighted by atomic mass is 9.88. The number of hydrogen-bond donors (Lipinski definition) is 1. The van der Waals surface area contributed by atoms with E-state index in [9.17, 15) is 17.6 Å². The molecule has 0 bridgehead atoms. The summed E-state index contributed by atoms with van der Waals surface area (Å²) in [7, 11) is 0. The van der Waals surface area contributed by atoms with Crippen LogP contribution in [-0.4, -0.2) is 22.1 Å². The van der Waals surface area contributed by atoms with Crippen molar-refractivity contribution >= 4 is 10.9 Å². The predicted octanol–water partition coefficient (Wildman–Crippen LogP) is 4.49. The molecule has 0 unspecified atom stereocenters. The summed E-state index contributed by atoms with van der Waals surface area (Å²) in [5.41, 5.74) is 0.547. The van der Waals surface area contributed by atoms with E-state index in [0.29, 0.717) is 19.0 Å². The summed E-state index contributed by atoms with van der Waals surface area (Å²) in [6.07, 6.45) is -0.221. The normalized spacial score (nSPS) is 19.4. The number of rotatable bonds is 5. The van der Waals surface area contributed by atoms with Gasteiger partial charge in [-0.1, -0.05) is 18.2 Å². The molecule has 2 aromatic carbocycles. The van der Waals surface area contributed by atoms with E-state index in [2.05, 4.69) is 15.3 Å². The van der Waals surface area contributed by atoms with Crippen molar-refractivity contribution in [3.05, 3.63) is 65.9 Å². The van der Waals surface area contributed by atoms with Gasteiger partial charge in [0.2, 0.25) is 0 Å². The maximum Gasteiger partial charge on any atom is 0.419 e. The molecule has 1 aromatic heterocycles. The Labute approximate surface area is 158 Å². The van der Waals surface area contributed by atoms with Gasteiger partial charge < -0.3 is 10.1 Å². The molecule has 2 atom stereocenters. The van der Waals surface area contributed by atoms with E-state index in [1.54, 1.807) is 6.20 Å². The number of fused-ring (bicyclic) bond motifs is 1. The zero-order chi connectivity index (χ0) is 19.7. The molecular weight excluding hydrogens is 374 g/mol. The van der Waals surface area contributed by atoms with Gasteiger partial charge in [-0.15, -0.1) is 0 Å². The molecule has 146 valence electrons. The van der Waals surface area contributed by atoms with Crippen LogP contribution in [0, 0.1) is 5.82 Å². The summed E-state index contributed by atoms with van der Waals surface area (Å²) < 4.78 is 57.7. The Kier molecular flexibility index (Phi) is 4.89. The van der Waals surface area contributed by atoms with Crippen LogP contribution >= 0.6 is 0 Å². The summed E-state index contributed by atoms with van der Waals surface area (Å²) in [4.78, 5) is 8.31. The molecule has 0 radical (unpaired) electrons. The minimum atomic E-state index is -4.75. The first kappa shape index (κ1) is 18.6. The highest BCUT2D eigenvalue weighted by molar-refractivity contribution is 5.80. The summed E-state index contributed by atoms with van der Waals surface area (Å²) in [5, 5.41) is 4.31. The zero-order valence-corrected chi connectivity index (χ0v) is 14.7. The minimum Gasteiger partial charge on any atom is -0.489 e. The standard InChI is InChI=1S/C20H17F4N3O/c21-16-5-4-14(8-15(16)20(22,23)24)28-18-7-6-17(18)26-10-13-3-1-2-12-9-25-11-27-19(12)13/h1-5,8-9,11,17-18,26H,6-7,10H2/t17-,18-/m1/s1. The summed E-state index contributed by atoms with van der Waals surface area (Å²) in [6.45, 7) is 0.552. The molecule has 0 spiro atoms. The van der Waals surface area contributed by atoms with Crippen molar-refractivity contribution < 1.29 is 22.3 Å². The molecule has 1 saturated carbocycles.